The van der Waals surface area contributed by atoms with Gasteiger partial charge in [-0.3, -0.25) is 4.79 Å². The first kappa shape index (κ1) is 10.5. The molecule has 0 saturated heterocycles. The highest BCUT2D eigenvalue weighted by molar-refractivity contribution is 9.21. The van der Waals surface area contributed by atoms with Crippen LogP contribution in [0.4, 0.5) is 0 Å². The lowest BCUT2D eigenvalue weighted by molar-refractivity contribution is -0.124. The van der Waals surface area contributed by atoms with E-state index in [9.17, 15) is 4.79 Å². The minimum absolute atomic E-state index is 0.000509. The lowest BCUT2D eigenvalue weighted by Crippen LogP contribution is -2.18. The monoisotopic (exact) mass is 307 g/mol. The fraction of sp³-hybridized carbons (Fsp3) is 0.125. The first-order valence-electron chi connectivity index (χ1n) is 3.52. The molecule has 1 rings (SSSR count). The summed E-state index contributed by atoms with van der Waals surface area (Å²) in [7, 11) is 0. The molecule has 0 N–H and O–H groups in total. The highest BCUT2D eigenvalue weighted by Gasteiger charge is 2.07. The van der Waals surface area contributed by atoms with E-state index in [0.29, 0.717) is 5.75 Å². The standard InChI is InChI=1S/C8H7Br2NO2/c9-11(10)8(12)6-13-7-4-2-1-3-5-7/h1-5H,6H2. The first-order chi connectivity index (χ1) is 6.20. The van der Waals surface area contributed by atoms with Crippen molar-refractivity contribution in [3.05, 3.63) is 30.3 Å². The molecule has 0 spiro atoms. The van der Waals surface area contributed by atoms with Crippen molar-refractivity contribution < 1.29 is 9.53 Å². The van der Waals surface area contributed by atoms with Crippen LogP contribution in [-0.4, -0.2) is 15.5 Å². The summed E-state index contributed by atoms with van der Waals surface area (Å²) in [6.07, 6.45) is 0. The molecule has 0 saturated carbocycles. The zero-order valence-corrected chi connectivity index (χ0v) is 9.79. The summed E-state index contributed by atoms with van der Waals surface area (Å²) in [5.41, 5.74) is 0. The van der Waals surface area contributed by atoms with Gasteiger partial charge in [-0.2, -0.15) is 0 Å². The van der Waals surface area contributed by atoms with E-state index in [4.69, 9.17) is 4.74 Å². The summed E-state index contributed by atoms with van der Waals surface area (Å²) in [5, 5.41) is 0. The molecule has 0 aliphatic carbocycles. The second-order valence-electron chi connectivity index (χ2n) is 2.23. The van der Waals surface area contributed by atoms with Gasteiger partial charge >= 0.3 is 0 Å². The average Bonchev–Trinajstić information content (AvgIpc) is 2.15. The third kappa shape index (κ3) is 3.78. The summed E-state index contributed by atoms with van der Waals surface area (Å²) >= 11 is 5.87. The number of hydrogen-bond donors (Lipinski definition) is 0. The number of amides is 1. The number of para-hydroxylation sites is 1. The molecule has 0 aliphatic heterocycles. The molecule has 0 aliphatic rings. The molecular formula is C8H7Br2NO2. The number of halogens is 2. The highest BCUT2D eigenvalue weighted by Crippen LogP contribution is 2.10. The van der Waals surface area contributed by atoms with E-state index in [0.717, 1.165) is 2.95 Å². The highest BCUT2D eigenvalue weighted by atomic mass is 79.9. The predicted octanol–water partition coefficient (Wildman–Crippen LogP) is 2.51. The van der Waals surface area contributed by atoms with Crippen LogP contribution in [0.5, 0.6) is 5.75 Å². The van der Waals surface area contributed by atoms with Gasteiger partial charge in [-0.15, -0.1) is 0 Å². The maximum absolute atomic E-state index is 11.0. The summed E-state index contributed by atoms with van der Waals surface area (Å²) in [6, 6.07) is 9.16. The number of hydrogen-bond acceptors (Lipinski definition) is 2. The van der Waals surface area contributed by atoms with Crippen LogP contribution >= 0.6 is 32.3 Å². The normalized spacial score (nSPS) is 9.38. The minimum atomic E-state index is -0.205. The number of carbonyl (C=O) groups is 1. The van der Waals surface area contributed by atoms with E-state index in [-0.39, 0.29) is 12.5 Å². The Bertz CT molecular complexity index is 277. The third-order valence-corrected chi connectivity index (χ3v) is 2.09. The third-order valence-electron chi connectivity index (χ3n) is 1.29. The molecule has 5 heteroatoms. The van der Waals surface area contributed by atoms with Crippen LogP contribution in [0.25, 0.3) is 0 Å². The Morgan fingerprint density at radius 2 is 1.92 bits per heavy atom. The summed E-state index contributed by atoms with van der Waals surface area (Å²) in [4.78, 5) is 11.0. The molecule has 0 bridgehead atoms. The van der Waals surface area contributed by atoms with Gasteiger partial charge in [-0.25, -0.2) is 2.95 Å². The SMILES string of the molecule is O=C(COc1ccccc1)N(Br)Br. The molecule has 3 nitrogen and oxygen atoms in total. The molecule has 1 aromatic rings. The van der Waals surface area contributed by atoms with Crippen molar-refractivity contribution in [3.8, 4) is 5.75 Å². The maximum atomic E-state index is 11.0. The number of carbonyl (C=O) groups excluding carboxylic acids is 1. The van der Waals surface area contributed by atoms with Crippen LogP contribution in [-0.2, 0) is 4.79 Å². The van der Waals surface area contributed by atoms with E-state index < -0.39 is 0 Å². The molecular weight excluding hydrogens is 302 g/mol. The molecule has 0 unspecified atom stereocenters. The molecule has 70 valence electrons. The number of ether oxygens (including phenoxy) is 1. The lowest BCUT2D eigenvalue weighted by Gasteiger charge is -2.06. The quantitative estimate of drug-likeness (QED) is 0.803. The van der Waals surface area contributed by atoms with Gasteiger partial charge < -0.3 is 4.74 Å². The molecule has 1 amide bonds. The molecule has 1 aromatic carbocycles. The van der Waals surface area contributed by atoms with Gasteiger partial charge in [0.1, 0.15) is 5.75 Å². The predicted molar refractivity (Wildman–Crippen MR) is 56.6 cm³/mol. The van der Waals surface area contributed by atoms with Crippen LogP contribution in [0.3, 0.4) is 0 Å². The van der Waals surface area contributed by atoms with Crippen molar-refractivity contribution in [2.45, 2.75) is 0 Å². The van der Waals surface area contributed by atoms with Crippen LogP contribution in [0.2, 0.25) is 0 Å². The van der Waals surface area contributed by atoms with Gasteiger partial charge in [-0.1, -0.05) is 18.2 Å². The Morgan fingerprint density at radius 1 is 1.31 bits per heavy atom. The van der Waals surface area contributed by atoms with Crippen molar-refractivity contribution >= 4 is 38.2 Å². The van der Waals surface area contributed by atoms with Crippen molar-refractivity contribution in [2.24, 2.45) is 0 Å². The Labute approximate surface area is 93.4 Å². The Morgan fingerprint density at radius 3 is 2.46 bits per heavy atom. The van der Waals surface area contributed by atoms with Gasteiger partial charge in [-0.05, 0) is 12.1 Å². The van der Waals surface area contributed by atoms with Gasteiger partial charge in [0, 0.05) is 0 Å². The average molecular weight is 309 g/mol. The van der Waals surface area contributed by atoms with Crippen molar-refractivity contribution in [1.29, 1.82) is 0 Å². The Balaban J connectivity index is 2.40. The molecule has 0 fully saturated rings. The molecule has 0 radical (unpaired) electrons. The van der Waals surface area contributed by atoms with Crippen LogP contribution in [0, 0.1) is 0 Å². The Kier molecular flexibility index (Phi) is 4.24. The summed E-state index contributed by atoms with van der Waals surface area (Å²) in [6.45, 7) is 0.000509. The molecule has 0 aromatic heterocycles. The van der Waals surface area contributed by atoms with E-state index in [1.807, 2.05) is 18.2 Å². The van der Waals surface area contributed by atoms with Crippen LogP contribution < -0.4 is 4.74 Å². The zero-order chi connectivity index (χ0) is 9.68. The van der Waals surface area contributed by atoms with E-state index in [1.54, 1.807) is 12.1 Å². The zero-order valence-electron chi connectivity index (χ0n) is 6.61. The number of rotatable bonds is 3. The van der Waals surface area contributed by atoms with E-state index in [1.165, 1.54) is 0 Å². The lowest BCUT2D eigenvalue weighted by atomic mass is 10.3. The molecule has 0 atom stereocenters. The summed E-state index contributed by atoms with van der Waals surface area (Å²) in [5.74, 6) is 0.474. The van der Waals surface area contributed by atoms with Crippen LogP contribution in [0.1, 0.15) is 0 Å². The van der Waals surface area contributed by atoms with Gasteiger partial charge in [0.05, 0.1) is 32.3 Å². The van der Waals surface area contributed by atoms with Crippen molar-refractivity contribution in [2.75, 3.05) is 6.61 Å². The second kappa shape index (κ2) is 5.24. The van der Waals surface area contributed by atoms with Crippen LogP contribution in [0.15, 0.2) is 30.3 Å². The van der Waals surface area contributed by atoms with Gasteiger partial charge in [0.2, 0.25) is 0 Å². The first-order valence-corrected chi connectivity index (χ1v) is 4.94. The maximum Gasteiger partial charge on any atom is 0.280 e. The van der Waals surface area contributed by atoms with Crippen molar-refractivity contribution in [3.63, 3.8) is 0 Å². The fourth-order valence-electron chi connectivity index (χ4n) is 0.711. The summed E-state index contributed by atoms with van der Waals surface area (Å²) < 4.78 is 6.31. The smallest absolute Gasteiger partial charge is 0.280 e. The number of benzene rings is 1. The molecule has 13 heavy (non-hydrogen) atoms. The fourth-order valence-corrected chi connectivity index (χ4v) is 0.915. The molecule has 0 heterocycles. The number of nitrogens with zero attached hydrogens (tertiary/aromatic N) is 1. The largest absolute Gasteiger partial charge is 0.484 e. The van der Waals surface area contributed by atoms with E-state index >= 15 is 0 Å². The Hall–Kier alpha value is -0.550. The topological polar surface area (TPSA) is 29.5 Å². The van der Waals surface area contributed by atoms with Crippen molar-refractivity contribution in [1.82, 2.24) is 2.95 Å². The minimum Gasteiger partial charge on any atom is -0.484 e. The second-order valence-corrected chi connectivity index (χ2v) is 4.60. The van der Waals surface area contributed by atoms with Gasteiger partial charge in [0.15, 0.2) is 6.61 Å². The van der Waals surface area contributed by atoms with Gasteiger partial charge in [0.25, 0.3) is 5.91 Å². The van der Waals surface area contributed by atoms with E-state index in [2.05, 4.69) is 32.3 Å².